The number of carbonyl (C=O) groups excluding carboxylic acids is 1. The Balaban J connectivity index is 2.42. The van der Waals surface area contributed by atoms with E-state index in [1.807, 2.05) is 14.1 Å². The number of amides is 1. The highest BCUT2D eigenvalue weighted by Gasteiger charge is 2.22. The molecule has 90 valence electrons. The predicted molar refractivity (Wildman–Crippen MR) is 60.1 cm³/mol. The van der Waals surface area contributed by atoms with Crippen molar-refractivity contribution in [2.24, 2.45) is 0 Å². The second-order valence-electron chi connectivity index (χ2n) is 4.19. The third kappa shape index (κ3) is 3.66. The fourth-order valence-electron chi connectivity index (χ4n) is 1.85. The molecule has 0 aliphatic carbocycles. The van der Waals surface area contributed by atoms with E-state index in [1.165, 1.54) is 0 Å². The Labute approximate surface area is 95.3 Å². The molecule has 1 heterocycles. The zero-order valence-corrected chi connectivity index (χ0v) is 9.72. The minimum absolute atomic E-state index is 0.209. The number of rotatable bonds is 3. The summed E-state index contributed by atoms with van der Waals surface area (Å²) in [5.41, 5.74) is 0. The first-order valence-corrected chi connectivity index (χ1v) is 5.37. The van der Waals surface area contributed by atoms with Crippen molar-refractivity contribution in [3.63, 3.8) is 0 Å². The van der Waals surface area contributed by atoms with Gasteiger partial charge in [0.1, 0.15) is 0 Å². The number of piperidine rings is 1. The molecule has 1 amide bonds. The standard InChI is InChI=1S/C11H18N2O3/c1-12(2)9-5-7-13(8-6-9)10(14)3-4-11(15)16/h3-4,9H,5-8H2,1-2H3,(H,15,16). The van der Waals surface area contributed by atoms with Crippen molar-refractivity contribution >= 4 is 11.9 Å². The lowest BCUT2D eigenvalue weighted by Gasteiger charge is -2.34. The molecule has 0 saturated carbocycles. The lowest BCUT2D eigenvalue weighted by Crippen LogP contribution is -2.44. The van der Waals surface area contributed by atoms with Crippen molar-refractivity contribution in [3.05, 3.63) is 12.2 Å². The number of carboxylic acids is 1. The molecule has 0 aromatic heterocycles. The molecule has 1 aliphatic heterocycles. The molecule has 1 N–H and O–H groups in total. The summed E-state index contributed by atoms with van der Waals surface area (Å²) in [6.07, 6.45) is 3.90. The first-order chi connectivity index (χ1) is 7.50. The minimum Gasteiger partial charge on any atom is -0.478 e. The second-order valence-corrected chi connectivity index (χ2v) is 4.19. The van der Waals surface area contributed by atoms with Gasteiger partial charge in [-0.15, -0.1) is 0 Å². The molecular formula is C11H18N2O3. The number of likely N-dealkylation sites (tertiary alicyclic amines) is 1. The highest BCUT2D eigenvalue weighted by molar-refractivity contribution is 5.93. The average Bonchev–Trinajstić information content (AvgIpc) is 2.26. The van der Waals surface area contributed by atoms with Gasteiger partial charge < -0.3 is 14.9 Å². The summed E-state index contributed by atoms with van der Waals surface area (Å²) in [6.45, 7) is 1.40. The van der Waals surface area contributed by atoms with Crippen LogP contribution in [0.5, 0.6) is 0 Å². The van der Waals surface area contributed by atoms with E-state index < -0.39 is 5.97 Å². The summed E-state index contributed by atoms with van der Waals surface area (Å²) in [7, 11) is 4.07. The Hall–Kier alpha value is -1.36. The van der Waals surface area contributed by atoms with Gasteiger partial charge >= 0.3 is 5.97 Å². The Morgan fingerprint density at radius 3 is 2.25 bits per heavy atom. The van der Waals surface area contributed by atoms with E-state index in [2.05, 4.69) is 4.90 Å². The number of hydrogen-bond donors (Lipinski definition) is 1. The smallest absolute Gasteiger partial charge is 0.328 e. The molecule has 0 aromatic rings. The van der Waals surface area contributed by atoms with Crippen molar-refractivity contribution in [1.29, 1.82) is 0 Å². The van der Waals surface area contributed by atoms with E-state index in [0.717, 1.165) is 25.0 Å². The van der Waals surface area contributed by atoms with E-state index >= 15 is 0 Å². The third-order valence-corrected chi connectivity index (χ3v) is 2.87. The van der Waals surface area contributed by atoms with Crippen LogP contribution in [0.15, 0.2) is 12.2 Å². The van der Waals surface area contributed by atoms with Crippen LogP contribution < -0.4 is 0 Å². The summed E-state index contributed by atoms with van der Waals surface area (Å²) in [5.74, 6) is -1.30. The fraction of sp³-hybridized carbons (Fsp3) is 0.636. The van der Waals surface area contributed by atoms with Crippen LogP contribution in [-0.2, 0) is 9.59 Å². The maximum Gasteiger partial charge on any atom is 0.328 e. The van der Waals surface area contributed by atoms with Crippen molar-refractivity contribution in [2.45, 2.75) is 18.9 Å². The van der Waals surface area contributed by atoms with E-state index in [-0.39, 0.29) is 5.91 Å². The molecule has 1 saturated heterocycles. The number of nitrogens with zero attached hydrogens (tertiary/aromatic N) is 2. The molecule has 1 rings (SSSR count). The van der Waals surface area contributed by atoms with Crippen LogP contribution >= 0.6 is 0 Å². The number of carboxylic acid groups (broad SMARTS) is 1. The molecule has 0 spiro atoms. The van der Waals surface area contributed by atoms with Crippen LogP contribution in [0.25, 0.3) is 0 Å². The first kappa shape index (κ1) is 12.7. The summed E-state index contributed by atoms with van der Waals surface area (Å²) in [5, 5.41) is 8.41. The Morgan fingerprint density at radius 1 is 1.25 bits per heavy atom. The third-order valence-electron chi connectivity index (χ3n) is 2.87. The molecular weight excluding hydrogens is 208 g/mol. The van der Waals surface area contributed by atoms with Gasteiger partial charge in [-0.25, -0.2) is 4.79 Å². The van der Waals surface area contributed by atoms with E-state index in [9.17, 15) is 9.59 Å². The second kappa shape index (κ2) is 5.65. The number of carbonyl (C=O) groups is 2. The van der Waals surface area contributed by atoms with Gasteiger partial charge in [0.2, 0.25) is 5.91 Å². The van der Waals surface area contributed by atoms with Crippen LogP contribution in [0.4, 0.5) is 0 Å². The fourth-order valence-corrected chi connectivity index (χ4v) is 1.85. The highest BCUT2D eigenvalue weighted by Crippen LogP contribution is 2.14. The van der Waals surface area contributed by atoms with Crippen LogP contribution in [0.2, 0.25) is 0 Å². The molecule has 16 heavy (non-hydrogen) atoms. The van der Waals surface area contributed by atoms with Gasteiger partial charge in [0.15, 0.2) is 0 Å². The SMILES string of the molecule is CN(C)C1CCN(C(=O)C=CC(=O)O)CC1. The normalized spacial score (nSPS) is 18.3. The van der Waals surface area contributed by atoms with Gasteiger partial charge in [-0.2, -0.15) is 0 Å². The maximum atomic E-state index is 11.5. The van der Waals surface area contributed by atoms with Crippen LogP contribution in [0.3, 0.4) is 0 Å². The molecule has 1 fully saturated rings. The highest BCUT2D eigenvalue weighted by atomic mass is 16.4. The van der Waals surface area contributed by atoms with E-state index in [1.54, 1.807) is 4.90 Å². The van der Waals surface area contributed by atoms with Gasteiger partial charge in [0.05, 0.1) is 0 Å². The lowest BCUT2D eigenvalue weighted by atomic mass is 10.0. The first-order valence-electron chi connectivity index (χ1n) is 5.37. The number of aliphatic carboxylic acids is 1. The molecule has 0 unspecified atom stereocenters. The van der Waals surface area contributed by atoms with Crippen LogP contribution in [0, 0.1) is 0 Å². The van der Waals surface area contributed by atoms with Gasteiger partial charge in [0.25, 0.3) is 0 Å². The van der Waals surface area contributed by atoms with Crippen LogP contribution in [0.1, 0.15) is 12.8 Å². The molecule has 5 heteroatoms. The Bertz CT molecular complexity index is 292. The van der Waals surface area contributed by atoms with Crippen molar-refractivity contribution in [1.82, 2.24) is 9.80 Å². The zero-order valence-electron chi connectivity index (χ0n) is 9.72. The Morgan fingerprint density at radius 2 is 1.81 bits per heavy atom. The van der Waals surface area contributed by atoms with Crippen molar-refractivity contribution < 1.29 is 14.7 Å². The molecule has 1 aliphatic rings. The molecule has 0 atom stereocenters. The maximum absolute atomic E-state index is 11.5. The Kier molecular flexibility index (Phi) is 4.49. The van der Waals surface area contributed by atoms with Crippen molar-refractivity contribution in [3.8, 4) is 0 Å². The van der Waals surface area contributed by atoms with E-state index in [4.69, 9.17) is 5.11 Å². The monoisotopic (exact) mass is 226 g/mol. The van der Waals surface area contributed by atoms with Crippen LogP contribution in [-0.4, -0.2) is 60.0 Å². The quantitative estimate of drug-likeness (QED) is 0.697. The van der Waals surface area contributed by atoms with Gasteiger partial charge in [0, 0.05) is 31.3 Å². The molecule has 0 radical (unpaired) electrons. The van der Waals surface area contributed by atoms with E-state index in [0.29, 0.717) is 19.1 Å². The number of hydrogen-bond acceptors (Lipinski definition) is 3. The summed E-state index contributed by atoms with van der Waals surface area (Å²) in [4.78, 5) is 25.7. The lowest BCUT2D eigenvalue weighted by molar-refractivity contribution is -0.132. The molecule has 0 bridgehead atoms. The predicted octanol–water partition coefficient (Wildman–Crippen LogP) is 0.180. The summed E-state index contributed by atoms with van der Waals surface area (Å²) < 4.78 is 0. The summed E-state index contributed by atoms with van der Waals surface area (Å²) >= 11 is 0. The van der Waals surface area contributed by atoms with Gasteiger partial charge in [-0.05, 0) is 26.9 Å². The topological polar surface area (TPSA) is 60.9 Å². The van der Waals surface area contributed by atoms with Crippen molar-refractivity contribution in [2.75, 3.05) is 27.2 Å². The molecule has 5 nitrogen and oxygen atoms in total. The average molecular weight is 226 g/mol. The van der Waals surface area contributed by atoms with Gasteiger partial charge in [-0.3, -0.25) is 4.79 Å². The zero-order chi connectivity index (χ0) is 12.1. The molecule has 0 aromatic carbocycles. The largest absolute Gasteiger partial charge is 0.478 e. The summed E-state index contributed by atoms with van der Waals surface area (Å²) in [6, 6.07) is 0.521. The minimum atomic E-state index is -1.09. The van der Waals surface area contributed by atoms with Gasteiger partial charge in [-0.1, -0.05) is 0 Å².